The summed E-state index contributed by atoms with van der Waals surface area (Å²) in [6.45, 7) is -0.205. The molecule has 5 heteroatoms. The molecule has 0 spiro atoms. The first-order chi connectivity index (χ1) is 7.20. The second-order valence-corrected chi connectivity index (χ2v) is 4.28. The largest absolute Gasteiger partial charge is 0.392 e. The van der Waals surface area contributed by atoms with Crippen LogP contribution in [0.25, 0.3) is 5.69 Å². The van der Waals surface area contributed by atoms with E-state index >= 15 is 0 Å². The standard InChI is InChI=1S/C10H8FIN2O/c11-8-1-2-10(7(3-8)6-15)14-5-9(12)4-13-14/h1-5,15H,6H2. The van der Waals surface area contributed by atoms with E-state index in [9.17, 15) is 4.39 Å². The van der Waals surface area contributed by atoms with E-state index in [1.54, 1.807) is 16.9 Å². The zero-order valence-corrected chi connectivity index (χ0v) is 9.85. The summed E-state index contributed by atoms with van der Waals surface area (Å²) in [5.74, 6) is -0.357. The fraction of sp³-hybridized carbons (Fsp3) is 0.100. The fourth-order valence-electron chi connectivity index (χ4n) is 1.34. The molecule has 1 aromatic carbocycles. The van der Waals surface area contributed by atoms with Crippen molar-refractivity contribution in [1.82, 2.24) is 9.78 Å². The molecule has 0 aliphatic heterocycles. The van der Waals surface area contributed by atoms with Gasteiger partial charge in [0.05, 0.1) is 22.1 Å². The topological polar surface area (TPSA) is 38.0 Å². The third kappa shape index (κ3) is 2.18. The van der Waals surface area contributed by atoms with Gasteiger partial charge >= 0.3 is 0 Å². The van der Waals surface area contributed by atoms with Crippen molar-refractivity contribution < 1.29 is 9.50 Å². The first-order valence-electron chi connectivity index (χ1n) is 4.30. The first kappa shape index (κ1) is 10.6. The van der Waals surface area contributed by atoms with Crippen molar-refractivity contribution in [2.75, 3.05) is 0 Å². The number of aliphatic hydroxyl groups excluding tert-OH is 1. The maximum Gasteiger partial charge on any atom is 0.123 e. The number of hydrogen-bond acceptors (Lipinski definition) is 2. The second-order valence-electron chi connectivity index (χ2n) is 3.03. The summed E-state index contributed by atoms with van der Waals surface area (Å²) in [7, 11) is 0. The summed E-state index contributed by atoms with van der Waals surface area (Å²) < 4.78 is 15.5. The molecule has 1 N–H and O–H groups in total. The van der Waals surface area contributed by atoms with Gasteiger partial charge < -0.3 is 5.11 Å². The molecule has 2 aromatic rings. The Morgan fingerprint density at radius 2 is 2.27 bits per heavy atom. The molecule has 0 saturated heterocycles. The maximum atomic E-state index is 12.9. The number of halogens is 2. The Morgan fingerprint density at radius 3 is 2.87 bits per heavy atom. The Morgan fingerprint density at radius 1 is 1.47 bits per heavy atom. The smallest absolute Gasteiger partial charge is 0.123 e. The molecule has 0 unspecified atom stereocenters. The molecule has 3 nitrogen and oxygen atoms in total. The van der Waals surface area contributed by atoms with Gasteiger partial charge in [-0.3, -0.25) is 0 Å². The van der Waals surface area contributed by atoms with Crippen molar-refractivity contribution in [2.24, 2.45) is 0 Å². The molecule has 0 radical (unpaired) electrons. The fourth-order valence-corrected chi connectivity index (χ4v) is 1.73. The summed E-state index contributed by atoms with van der Waals surface area (Å²) in [4.78, 5) is 0. The number of aliphatic hydroxyl groups is 1. The molecular weight excluding hydrogens is 310 g/mol. The number of rotatable bonds is 2. The van der Waals surface area contributed by atoms with Gasteiger partial charge in [0.25, 0.3) is 0 Å². The number of benzene rings is 1. The molecule has 0 aliphatic rings. The van der Waals surface area contributed by atoms with Gasteiger partial charge in [-0.05, 0) is 40.8 Å². The molecule has 78 valence electrons. The number of aromatic nitrogens is 2. The zero-order valence-electron chi connectivity index (χ0n) is 7.69. The van der Waals surface area contributed by atoms with Crippen molar-refractivity contribution in [1.29, 1.82) is 0 Å². The Bertz CT molecular complexity index is 484. The van der Waals surface area contributed by atoms with Crippen LogP contribution < -0.4 is 0 Å². The van der Waals surface area contributed by atoms with Crippen molar-refractivity contribution in [2.45, 2.75) is 6.61 Å². The molecule has 0 amide bonds. The van der Waals surface area contributed by atoms with Gasteiger partial charge in [0.15, 0.2) is 0 Å². The van der Waals surface area contributed by atoms with E-state index < -0.39 is 0 Å². The van der Waals surface area contributed by atoms with Gasteiger partial charge in [0.1, 0.15) is 5.82 Å². The van der Waals surface area contributed by atoms with Gasteiger partial charge in [0.2, 0.25) is 0 Å². The van der Waals surface area contributed by atoms with Gasteiger partial charge in [-0.15, -0.1) is 0 Å². The van der Waals surface area contributed by atoms with Crippen LogP contribution in [0.1, 0.15) is 5.56 Å². The quantitative estimate of drug-likeness (QED) is 0.861. The highest BCUT2D eigenvalue weighted by Gasteiger charge is 2.06. The van der Waals surface area contributed by atoms with Crippen LogP contribution in [0.3, 0.4) is 0 Å². The molecule has 0 aliphatic carbocycles. The predicted molar refractivity (Wildman–Crippen MR) is 62.2 cm³/mol. The van der Waals surface area contributed by atoms with Crippen LogP contribution in [0.15, 0.2) is 30.6 Å². The monoisotopic (exact) mass is 318 g/mol. The average molecular weight is 318 g/mol. The van der Waals surface area contributed by atoms with Crippen molar-refractivity contribution in [3.63, 3.8) is 0 Å². The Hall–Kier alpha value is -0.950. The van der Waals surface area contributed by atoms with E-state index in [-0.39, 0.29) is 12.4 Å². The van der Waals surface area contributed by atoms with Crippen molar-refractivity contribution in [3.05, 3.63) is 45.5 Å². The third-order valence-electron chi connectivity index (χ3n) is 2.01. The highest BCUT2D eigenvalue weighted by Crippen LogP contribution is 2.16. The molecule has 1 heterocycles. The summed E-state index contributed by atoms with van der Waals surface area (Å²) in [6.07, 6.45) is 3.51. The molecule has 0 saturated carbocycles. The average Bonchev–Trinajstić information content (AvgIpc) is 2.64. The summed E-state index contributed by atoms with van der Waals surface area (Å²) in [6, 6.07) is 4.26. The number of hydrogen-bond donors (Lipinski definition) is 1. The van der Waals surface area contributed by atoms with E-state index in [1.165, 1.54) is 12.1 Å². The lowest BCUT2D eigenvalue weighted by atomic mass is 10.2. The molecule has 1 aromatic heterocycles. The van der Waals surface area contributed by atoms with Gasteiger partial charge in [-0.2, -0.15) is 5.10 Å². The molecule has 15 heavy (non-hydrogen) atoms. The van der Waals surface area contributed by atoms with E-state index in [2.05, 4.69) is 27.7 Å². The van der Waals surface area contributed by atoms with E-state index in [4.69, 9.17) is 5.11 Å². The SMILES string of the molecule is OCc1cc(F)ccc1-n1cc(I)cn1. The van der Waals surface area contributed by atoms with Crippen molar-refractivity contribution in [3.8, 4) is 5.69 Å². The van der Waals surface area contributed by atoms with Crippen LogP contribution in [0, 0.1) is 9.39 Å². The normalized spacial score (nSPS) is 10.6. The minimum Gasteiger partial charge on any atom is -0.392 e. The highest BCUT2D eigenvalue weighted by molar-refractivity contribution is 14.1. The van der Waals surface area contributed by atoms with E-state index in [1.807, 2.05) is 6.20 Å². The van der Waals surface area contributed by atoms with Crippen LogP contribution >= 0.6 is 22.6 Å². The summed E-state index contributed by atoms with van der Waals surface area (Å²) in [5.41, 5.74) is 1.22. The number of nitrogens with zero attached hydrogens (tertiary/aromatic N) is 2. The third-order valence-corrected chi connectivity index (χ3v) is 2.57. The molecule has 2 rings (SSSR count). The van der Waals surface area contributed by atoms with E-state index in [0.29, 0.717) is 11.3 Å². The Kier molecular flexibility index (Phi) is 3.01. The highest BCUT2D eigenvalue weighted by atomic mass is 127. The predicted octanol–water partition coefficient (Wildman–Crippen LogP) is 2.11. The van der Waals surface area contributed by atoms with Crippen LogP contribution in [0.5, 0.6) is 0 Å². The van der Waals surface area contributed by atoms with Crippen LogP contribution in [0.2, 0.25) is 0 Å². The molecular formula is C10H8FIN2O. The zero-order chi connectivity index (χ0) is 10.8. The Labute approximate surface area is 99.7 Å². The molecule has 0 bridgehead atoms. The van der Waals surface area contributed by atoms with Crippen LogP contribution in [0.4, 0.5) is 4.39 Å². The van der Waals surface area contributed by atoms with E-state index in [0.717, 1.165) is 3.57 Å². The van der Waals surface area contributed by atoms with Crippen molar-refractivity contribution >= 4 is 22.6 Å². The molecule has 0 fully saturated rings. The van der Waals surface area contributed by atoms with Crippen LogP contribution in [-0.4, -0.2) is 14.9 Å². The molecule has 0 atom stereocenters. The van der Waals surface area contributed by atoms with Gasteiger partial charge in [-0.25, -0.2) is 9.07 Å². The lowest BCUT2D eigenvalue weighted by Gasteiger charge is -2.06. The summed E-state index contributed by atoms with van der Waals surface area (Å²) >= 11 is 2.14. The first-order valence-corrected chi connectivity index (χ1v) is 5.38. The van der Waals surface area contributed by atoms with Gasteiger partial charge in [-0.1, -0.05) is 0 Å². The lowest BCUT2D eigenvalue weighted by molar-refractivity contribution is 0.280. The van der Waals surface area contributed by atoms with Gasteiger partial charge in [0, 0.05) is 11.8 Å². The van der Waals surface area contributed by atoms with Crippen LogP contribution in [-0.2, 0) is 6.61 Å². The minimum absolute atomic E-state index is 0.205. The summed E-state index contributed by atoms with van der Waals surface area (Å²) in [5, 5.41) is 13.2. The minimum atomic E-state index is -0.357. The lowest BCUT2D eigenvalue weighted by Crippen LogP contribution is -2.00. The Balaban J connectivity index is 2.52. The second kappa shape index (κ2) is 4.28. The maximum absolute atomic E-state index is 12.9.